The molecule has 1 unspecified atom stereocenters. The molecular formula is C12H15ClO2. The smallest absolute Gasteiger partial charge is 0.161 e. The first-order chi connectivity index (χ1) is 7.04. The van der Waals surface area contributed by atoms with Gasteiger partial charge in [0.2, 0.25) is 0 Å². The van der Waals surface area contributed by atoms with Crippen LogP contribution in [0.1, 0.15) is 37.6 Å². The van der Waals surface area contributed by atoms with Gasteiger partial charge >= 0.3 is 0 Å². The van der Waals surface area contributed by atoms with Gasteiger partial charge in [-0.3, -0.25) is 4.79 Å². The monoisotopic (exact) mass is 226 g/mol. The van der Waals surface area contributed by atoms with Crippen LogP contribution in [0.3, 0.4) is 0 Å². The minimum atomic E-state index is -0.0323. The maximum absolute atomic E-state index is 11.1. The quantitative estimate of drug-likeness (QED) is 0.732. The van der Waals surface area contributed by atoms with E-state index >= 15 is 0 Å². The van der Waals surface area contributed by atoms with Crippen LogP contribution < -0.4 is 4.74 Å². The van der Waals surface area contributed by atoms with Crippen LogP contribution in [0.4, 0.5) is 0 Å². The van der Waals surface area contributed by atoms with Crippen LogP contribution in [0.25, 0.3) is 0 Å². The zero-order valence-corrected chi connectivity index (χ0v) is 9.97. The second-order valence-corrected chi connectivity index (χ2v) is 3.94. The van der Waals surface area contributed by atoms with Crippen molar-refractivity contribution >= 4 is 17.4 Å². The first-order valence-electron chi connectivity index (χ1n) is 5.01. The fourth-order valence-corrected chi connectivity index (χ4v) is 1.47. The Morgan fingerprint density at radius 1 is 1.53 bits per heavy atom. The van der Waals surface area contributed by atoms with Gasteiger partial charge in [-0.2, -0.15) is 0 Å². The second-order valence-electron chi connectivity index (χ2n) is 3.53. The molecule has 0 aliphatic carbocycles. The number of Topliss-reactive ketones (excluding diaryl/α,β-unsaturated/α-hetero) is 1. The molecule has 1 aromatic carbocycles. The summed E-state index contributed by atoms with van der Waals surface area (Å²) >= 11 is 5.95. The molecule has 0 aliphatic heterocycles. The molecule has 2 nitrogen and oxygen atoms in total. The minimum Gasteiger partial charge on any atom is -0.491 e. The molecule has 0 fully saturated rings. The highest BCUT2D eigenvalue weighted by molar-refractivity contribution is 6.34. The molecule has 0 aliphatic rings. The third-order valence-electron chi connectivity index (χ3n) is 2.23. The molecule has 0 saturated heterocycles. The van der Waals surface area contributed by atoms with E-state index in [1.807, 2.05) is 6.92 Å². The largest absolute Gasteiger partial charge is 0.491 e. The van der Waals surface area contributed by atoms with Gasteiger partial charge in [-0.1, -0.05) is 18.5 Å². The lowest BCUT2D eigenvalue weighted by molar-refractivity contribution is 0.101. The lowest BCUT2D eigenvalue weighted by atomic mass is 10.1. The summed E-state index contributed by atoms with van der Waals surface area (Å²) in [5.74, 6) is 0.675. The summed E-state index contributed by atoms with van der Waals surface area (Å²) in [6.45, 7) is 5.54. The standard InChI is InChI=1S/C12H15ClO2/c1-4-8(2)15-10-5-6-11(9(3)14)12(13)7-10/h5-8H,4H2,1-3H3. The average molecular weight is 227 g/mol. The van der Waals surface area contributed by atoms with Gasteiger partial charge < -0.3 is 4.74 Å². The van der Waals surface area contributed by atoms with Crippen molar-refractivity contribution in [2.75, 3.05) is 0 Å². The predicted octanol–water partition coefficient (Wildman–Crippen LogP) is 3.72. The zero-order valence-electron chi connectivity index (χ0n) is 9.21. The molecule has 15 heavy (non-hydrogen) atoms. The molecule has 82 valence electrons. The average Bonchev–Trinajstić information content (AvgIpc) is 2.17. The van der Waals surface area contributed by atoms with Crippen molar-refractivity contribution in [2.24, 2.45) is 0 Å². The highest BCUT2D eigenvalue weighted by Gasteiger charge is 2.08. The molecule has 3 heteroatoms. The van der Waals surface area contributed by atoms with Crippen molar-refractivity contribution in [2.45, 2.75) is 33.3 Å². The Bertz CT molecular complexity index is 361. The van der Waals surface area contributed by atoms with Crippen molar-refractivity contribution in [3.63, 3.8) is 0 Å². The highest BCUT2D eigenvalue weighted by atomic mass is 35.5. The molecule has 0 bridgehead atoms. The van der Waals surface area contributed by atoms with Crippen LogP contribution in [0, 0.1) is 0 Å². The molecule has 0 spiro atoms. The van der Waals surface area contributed by atoms with E-state index in [2.05, 4.69) is 6.92 Å². The summed E-state index contributed by atoms with van der Waals surface area (Å²) in [6.07, 6.45) is 1.09. The Labute approximate surface area is 95.2 Å². The minimum absolute atomic E-state index is 0.0323. The summed E-state index contributed by atoms with van der Waals surface area (Å²) in [4.78, 5) is 11.1. The van der Waals surface area contributed by atoms with Crippen molar-refractivity contribution in [1.82, 2.24) is 0 Å². The summed E-state index contributed by atoms with van der Waals surface area (Å²) < 4.78 is 5.58. The van der Waals surface area contributed by atoms with E-state index in [0.717, 1.165) is 6.42 Å². The maximum Gasteiger partial charge on any atom is 0.161 e. The molecule has 0 aromatic heterocycles. The molecule has 1 aromatic rings. The Morgan fingerprint density at radius 2 is 2.20 bits per heavy atom. The lowest BCUT2D eigenvalue weighted by Crippen LogP contribution is -2.09. The molecular weight excluding hydrogens is 212 g/mol. The van der Waals surface area contributed by atoms with E-state index in [4.69, 9.17) is 16.3 Å². The topological polar surface area (TPSA) is 26.3 Å². The van der Waals surface area contributed by atoms with Gasteiger partial charge in [0, 0.05) is 5.56 Å². The molecule has 0 saturated carbocycles. The summed E-state index contributed by atoms with van der Waals surface area (Å²) in [5.41, 5.74) is 0.535. The Morgan fingerprint density at radius 3 is 2.67 bits per heavy atom. The Kier molecular flexibility index (Phi) is 4.15. The first-order valence-corrected chi connectivity index (χ1v) is 5.39. The predicted molar refractivity (Wildman–Crippen MR) is 61.8 cm³/mol. The SMILES string of the molecule is CCC(C)Oc1ccc(C(C)=O)c(Cl)c1. The van der Waals surface area contributed by atoms with Crippen LogP contribution in [-0.4, -0.2) is 11.9 Å². The van der Waals surface area contributed by atoms with E-state index in [1.165, 1.54) is 6.92 Å². The fourth-order valence-electron chi connectivity index (χ4n) is 1.17. The van der Waals surface area contributed by atoms with Crippen LogP contribution in [-0.2, 0) is 0 Å². The lowest BCUT2D eigenvalue weighted by Gasteiger charge is -2.13. The molecule has 1 rings (SSSR count). The Hall–Kier alpha value is -1.02. The molecule has 0 amide bonds. The first kappa shape index (κ1) is 12.1. The number of halogens is 1. The summed E-state index contributed by atoms with van der Waals surface area (Å²) in [5, 5.41) is 0.448. The zero-order chi connectivity index (χ0) is 11.4. The number of hydrogen-bond donors (Lipinski definition) is 0. The van der Waals surface area contributed by atoms with Gasteiger partial charge in [0.25, 0.3) is 0 Å². The third-order valence-corrected chi connectivity index (χ3v) is 2.54. The third kappa shape index (κ3) is 3.24. The summed E-state index contributed by atoms with van der Waals surface area (Å²) in [6, 6.07) is 5.15. The maximum atomic E-state index is 11.1. The number of ether oxygens (including phenoxy) is 1. The van der Waals surface area contributed by atoms with Crippen LogP contribution in [0.15, 0.2) is 18.2 Å². The van der Waals surface area contributed by atoms with Crippen molar-refractivity contribution in [3.8, 4) is 5.75 Å². The molecule has 1 atom stereocenters. The van der Waals surface area contributed by atoms with Crippen LogP contribution in [0.5, 0.6) is 5.75 Å². The van der Waals surface area contributed by atoms with Crippen molar-refractivity contribution in [1.29, 1.82) is 0 Å². The van der Waals surface area contributed by atoms with Gasteiger partial charge in [0.15, 0.2) is 5.78 Å². The normalized spacial score (nSPS) is 12.3. The highest BCUT2D eigenvalue weighted by Crippen LogP contribution is 2.23. The van der Waals surface area contributed by atoms with E-state index in [1.54, 1.807) is 18.2 Å². The van der Waals surface area contributed by atoms with Crippen molar-refractivity contribution in [3.05, 3.63) is 28.8 Å². The van der Waals surface area contributed by atoms with Gasteiger partial charge in [0.1, 0.15) is 5.75 Å². The number of carbonyl (C=O) groups is 1. The van der Waals surface area contributed by atoms with Crippen LogP contribution >= 0.6 is 11.6 Å². The fraction of sp³-hybridized carbons (Fsp3) is 0.417. The molecule has 0 N–H and O–H groups in total. The summed E-state index contributed by atoms with van der Waals surface area (Å²) in [7, 11) is 0. The van der Waals surface area contributed by atoms with E-state index in [-0.39, 0.29) is 11.9 Å². The van der Waals surface area contributed by atoms with Crippen LogP contribution in [0.2, 0.25) is 5.02 Å². The second kappa shape index (κ2) is 5.17. The van der Waals surface area contributed by atoms with E-state index < -0.39 is 0 Å². The van der Waals surface area contributed by atoms with Gasteiger partial charge in [-0.05, 0) is 38.5 Å². The molecule has 0 heterocycles. The number of benzene rings is 1. The van der Waals surface area contributed by atoms with E-state index in [0.29, 0.717) is 16.3 Å². The van der Waals surface area contributed by atoms with Gasteiger partial charge in [-0.25, -0.2) is 0 Å². The number of hydrogen-bond acceptors (Lipinski definition) is 2. The van der Waals surface area contributed by atoms with Crippen molar-refractivity contribution < 1.29 is 9.53 Å². The van der Waals surface area contributed by atoms with E-state index in [9.17, 15) is 4.79 Å². The molecule has 0 radical (unpaired) electrons. The van der Waals surface area contributed by atoms with Gasteiger partial charge in [-0.15, -0.1) is 0 Å². The number of rotatable bonds is 4. The number of ketones is 1. The Balaban J connectivity index is 2.87. The van der Waals surface area contributed by atoms with Gasteiger partial charge in [0.05, 0.1) is 11.1 Å². The number of carbonyl (C=O) groups excluding carboxylic acids is 1.